The number of benzene rings is 2. The normalized spacial score (nSPS) is 16.2. The summed E-state index contributed by atoms with van der Waals surface area (Å²) in [5.41, 5.74) is 1.07. The minimum atomic E-state index is -0.183. The zero-order chi connectivity index (χ0) is 22.1. The Morgan fingerprint density at radius 3 is 2.52 bits per heavy atom. The average Bonchev–Trinajstić information content (AvgIpc) is 3.28. The summed E-state index contributed by atoms with van der Waals surface area (Å²) in [6, 6.07) is 12.6. The van der Waals surface area contributed by atoms with Crippen LogP contribution in [-0.2, 0) is 0 Å². The molecule has 2 heterocycles. The number of nitrogens with zero attached hydrogens (tertiary/aromatic N) is 3. The van der Waals surface area contributed by atoms with E-state index in [-0.39, 0.29) is 23.6 Å². The molecule has 7 nitrogen and oxygen atoms in total. The second-order valence-electron chi connectivity index (χ2n) is 8.00. The van der Waals surface area contributed by atoms with Crippen molar-refractivity contribution in [3.63, 3.8) is 0 Å². The Hall–Kier alpha value is -3.35. The maximum absolute atomic E-state index is 13.7. The largest absolute Gasteiger partial charge is 0.497 e. The molecule has 0 spiro atoms. The Morgan fingerprint density at radius 2 is 1.84 bits per heavy atom. The van der Waals surface area contributed by atoms with Crippen LogP contribution in [0, 0.1) is 0 Å². The quantitative estimate of drug-likeness (QED) is 0.623. The number of carbonyl (C=O) groups is 1. The van der Waals surface area contributed by atoms with Gasteiger partial charge in [0.05, 0.1) is 31.7 Å². The fourth-order valence-corrected chi connectivity index (χ4v) is 4.28. The molecule has 4 rings (SSSR count). The number of hydrogen-bond acceptors (Lipinski definition) is 5. The molecule has 3 aromatic rings. The zero-order valence-corrected chi connectivity index (χ0v) is 18.3. The molecule has 1 aliphatic rings. The molecule has 0 radical (unpaired) electrons. The summed E-state index contributed by atoms with van der Waals surface area (Å²) in [6.45, 7) is 4.39. The van der Waals surface area contributed by atoms with Crippen molar-refractivity contribution in [2.45, 2.75) is 38.8 Å². The standard InChI is InChI=1S/C24H27N3O4/c1-15(2)27-23(28)18-9-6-5-8-17(18)22(25-27)24(29)26-13-7-10-20(26)19-12-11-16(30-3)14-21(19)31-4/h5-6,8-9,11-12,14-15,20H,7,10,13H2,1-4H3. The van der Waals surface area contributed by atoms with E-state index in [1.165, 1.54) is 4.68 Å². The van der Waals surface area contributed by atoms with Crippen molar-refractivity contribution in [3.05, 3.63) is 64.1 Å². The lowest BCUT2D eigenvalue weighted by Crippen LogP contribution is -2.34. The molecule has 1 unspecified atom stereocenters. The monoisotopic (exact) mass is 421 g/mol. The second-order valence-corrected chi connectivity index (χ2v) is 8.00. The zero-order valence-electron chi connectivity index (χ0n) is 18.3. The van der Waals surface area contributed by atoms with E-state index in [9.17, 15) is 9.59 Å². The highest BCUT2D eigenvalue weighted by Crippen LogP contribution is 2.39. The summed E-state index contributed by atoms with van der Waals surface area (Å²) in [5.74, 6) is 1.22. The predicted molar refractivity (Wildman–Crippen MR) is 119 cm³/mol. The van der Waals surface area contributed by atoms with Gasteiger partial charge in [0.1, 0.15) is 11.5 Å². The minimum absolute atomic E-state index is 0.131. The van der Waals surface area contributed by atoms with Crippen LogP contribution >= 0.6 is 0 Å². The van der Waals surface area contributed by atoms with Crippen LogP contribution in [0.2, 0.25) is 0 Å². The van der Waals surface area contributed by atoms with Gasteiger partial charge >= 0.3 is 0 Å². The highest BCUT2D eigenvalue weighted by atomic mass is 16.5. The third-order valence-electron chi connectivity index (χ3n) is 5.83. The van der Waals surface area contributed by atoms with Gasteiger partial charge < -0.3 is 14.4 Å². The van der Waals surface area contributed by atoms with Crippen LogP contribution in [0.5, 0.6) is 11.5 Å². The van der Waals surface area contributed by atoms with Crippen LogP contribution in [0.15, 0.2) is 47.3 Å². The number of hydrogen-bond donors (Lipinski definition) is 0. The van der Waals surface area contributed by atoms with Gasteiger partial charge in [-0.15, -0.1) is 0 Å². The third kappa shape index (κ3) is 3.65. The summed E-state index contributed by atoms with van der Waals surface area (Å²) in [6.07, 6.45) is 1.71. The fraction of sp³-hybridized carbons (Fsp3) is 0.375. The molecule has 31 heavy (non-hydrogen) atoms. The molecule has 1 saturated heterocycles. The summed E-state index contributed by atoms with van der Waals surface area (Å²) < 4.78 is 12.3. The molecule has 1 amide bonds. The number of aromatic nitrogens is 2. The number of fused-ring (bicyclic) bond motifs is 1. The maximum atomic E-state index is 13.7. The van der Waals surface area contributed by atoms with Crippen molar-refractivity contribution in [3.8, 4) is 11.5 Å². The summed E-state index contributed by atoms with van der Waals surface area (Å²) >= 11 is 0. The molecular weight excluding hydrogens is 394 g/mol. The van der Waals surface area contributed by atoms with Crippen LogP contribution in [0.1, 0.15) is 54.8 Å². The van der Waals surface area contributed by atoms with Crippen LogP contribution < -0.4 is 15.0 Å². The Bertz CT molecular complexity index is 1190. The number of amides is 1. The van der Waals surface area contributed by atoms with Gasteiger partial charge in [0.25, 0.3) is 11.5 Å². The van der Waals surface area contributed by atoms with Crippen molar-refractivity contribution in [1.29, 1.82) is 0 Å². The van der Waals surface area contributed by atoms with E-state index in [0.29, 0.717) is 34.5 Å². The number of carbonyl (C=O) groups excluding carboxylic acids is 1. The lowest BCUT2D eigenvalue weighted by atomic mass is 10.0. The van der Waals surface area contributed by atoms with Crippen molar-refractivity contribution >= 4 is 16.7 Å². The van der Waals surface area contributed by atoms with E-state index < -0.39 is 0 Å². The van der Waals surface area contributed by atoms with Crippen molar-refractivity contribution in [2.24, 2.45) is 0 Å². The molecule has 1 atom stereocenters. The van der Waals surface area contributed by atoms with Crippen molar-refractivity contribution in [1.82, 2.24) is 14.7 Å². The summed E-state index contributed by atoms with van der Waals surface area (Å²) in [4.78, 5) is 28.4. The molecule has 162 valence electrons. The molecule has 0 bridgehead atoms. The van der Waals surface area contributed by atoms with E-state index >= 15 is 0 Å². The predicted octanol–water partition coefficient (Wildman–Crippen LogP) is 3.97. The van der Waals surface area contributed by atoms with E-state index in [2.05, 4.69) is 5.10 Å². The molecule has 0 saturated carbocycles. The number of methoxy groups -OCH3 is 2. The lowest BCUT2D eigenvalue weighted by Gasteiger charge is -2.27. The number of ether oxygens (including phenoxy) is 2. The molecule has 7 heteroatoms. The van der Waals surface area contributed by atoms with E-state index in [1.807, 2.05) is 49.1 Å². The summed E-state index contributed by atoms with van der Waals surface area (Å²) in [7, 11) is 3.23. The van der Waals surface area contributed by atoms with E-state index in [1.54, 1.807) is 26.4 Å². The first-order valence-corrected chi connectivity index (χ1v) is 10.5. The fourth-order valence-electron chi connectivity index (χ4n) is 4.28. The van der Waals surface area contributed by atoms with Gasteiger partial charge in [-0.25, -0.2) is 4.68 Å². The van der Waals surface area contributed by atoms with Crippen LogP contribution in [0.25, 0.3) is 10.8 Å². The minimum Gasteiger partial charge on any atom is -0.497 e. The first kappa shape index (κ1) is 20.9. The Labute approximate surface area is 181 Å². The maximum Gasteiger partial charge on any atom is 0.275 e. The topological polar surface area (TPSA) is 73.7 Å². The molecule has 2 aromatic carbocycles. The van der Waals surface area contributed by atoms with Gasteiger partial charge in [0.15, 0.2) is 5.69 Å². The smallest absolute Gasteiger partial charge is 0.275 e. The number of rotatable bonds is 5. The highest BCUT2D eigenvalue weighted by Gasteiger charge is 2.34. The van der Waals surface area contributed by atoms with Gasteiger partial charge in [0.2, 0.25) is 0 Å². The SMILES string of the molecule is COc1ccc(C2CCCN2C(=O)c2nn(C(C)C)c(=O)c3ccccc23)c(OC)c1. The lowest BCUT2D eigenvalue weighted by molar-refractivity contribution is 0.0727. The van der Waals surface area contributed by atoms with Gasteiger partial charge in [-0.05, 0) is 44.9 Å². The van der Waals surface area contributed by atoms with E-state index in [4.69, 9.17) is 9.47 Å². The van der Waals surface area contributed by atoms with Crippen LogP contribution in [0.4, 0.5) is 0 Å². The Morgan fingerprint density at radius 1 is 1.10 bits per heavy atom. The Balaban J connectivity index is 1.81. The molecule has 1 aliphatic heterocycles. The van der Waals surface area contributed by atoms with Gasteiger partial charge in [-0.2, -0.15) is 5.10 Å². The van der Waals surface area contributed by atoms with Crippen molar-refractivity contribution in [2.75, 3.05) is 20.8 Å². The molecule has 0 aliphatic carbocycles. The molecule has 0 N–H and O–H groups in total. The van der Waals surface area contributed by atoms with Gasteiger partial charge in [-0.3, -0.25) is 9.59 Å². The first-order chi connectivity index (χ1) is 15.0. The van der Waals surface area contributed by atoms with E-state index in [0.717, 1.165) is 18.4 Å². The first-order valence-electron chi connectivity index (χ1n) is 10.5. The Kier molecular flexibility index (Phi) is 5.67. The second kappa shape index (κ2) is 8.41. The summed E-state index contributed by atoms with van der Waals surface area (Å²) in [5, 5.41) is 5.60. The van der Waals surface area contributed by atoms with Crippen LogP contribution in [0.3, 0.4) is 0 Å². The molecular formula is C24H27N3O4. The molecule has 1 fully saturated rings. The number of likely N-dealkylation sites (tertiary alicyclic amines) is 1. The van der Waals surface area contributed by atoms with Gasteiger partial charge in [-0.1, -0.05) is 18.2 Å². The average molecular weight is 421 g/mol. The molecule has 1 aromatic heterocycles. The highest BCUT2D eigenvalue weighted by molar-refractivity contribution is 6.05. The van der Waals surface area contributed by atoms with Gasteiger partial charge in [0, 0.05) is 23.6 Å². The third-order valence-corrected chi connectivity index (χ3v) is 5.83. The van der Waals surface area contributed by atoms with Crippen LogP contribution in [-0.4, -0.2) is 41.4 Å². The van der Waals surface area contributed by atoms with Crippen molar-refractivity contribution < 1.29 is 14.3 Å².